The van der Waals surface area contributed by atoms with Crippen LogP contribution >= 0.6 is 15.9 Å². The molecule has 6 heteroatoms. The maximum absolute atomic E-state index is 11.8. The number of benzene rings is 1. The van der Waals surface area contributed by atoms with Crippen molar-refractivity contribution >= 4 is 27.8 Å². The van der Waals surface area contributed by atoms with E-state index in [-0.39, 0.29) is 12.1 Å². The predicted octanol–water partition coefficient (Wildman–Crippen LogP) is 2.70. The molecule has 19 heavy (non-hydrogen) atoms. The van der Waals surface area contributed by atoms with Gasteiger partial charge in [0.15, 0.2) is 0 Å². The highest BCUT2D eigenvalue weighted by atomic mass is 79.9. The summed E-state index contributed by atoms with van der Waals surface area (Å²) in [7, 11) is 1.61. The zero-order chi connectivity index (χ0) is 14.0. The van der Waals surface area contributed by atoms with E-state index in [1.54, 1.807) is 12.0 Å². The highest BCUT2D eigenvalue weighted by molar-refractivity contribution is 9.10. The lowest BCUT2D eigenvalue weighted by molar-refractivity contribution is 0.206. The second kappa shape index (κ2) is 5.61. The fourth-order valence-corrected chi connectivity index (χ4v) is 2.62. The number of halogens is 1. The molecule has 2 N–H and O–H groups in total. The topological polar surface area (TPSA) is 67.9 Å². The van der Waals surface area contributed by atoms with Crippen molar-refractivity contribution in [3.8, 4) is 5.75 Å². The van der Waals surface area contributed by atoms with Gasteiger partial charge >= 0.3 is 6.03 Å². The highest BCUT2D eigenvalue weighted by Crippen LogP contribution is 2.34. The van der Waals surface area contributed by atoms with Crippen LogP contribution < -0.4 is 10.5 Å². The molecule has 1 aromatic carbocycles. The summed E-state index contributed by atoms with van der Waals surface area (Å²) >= 11 is 3.49. The maximum atomic E-state index is 11.8. The van der Waals surface area contributed by atoms with E-state index in [9.17, 15) is 4.79 Å². The number of rotatable bonds is 4. The number of hydrogen-bond donors (Lipinski definition) is 1. The minimum Gasteiger partial charge on any atom is -0.497 e. The Bertz CT molecular complexity index is 531. The Morgan fingerprint density at radius 2 is 2.26 bits per heavy atom. The molecule has 1 atom stereocenters. The number of carbonyl (C=O) groups is 1. The molecule has 1 aromatic rings. The first kappa shape index (κ1) is 13.9. The quantitative estimate of drug-likeness (QED) is 0.925. The zero-order valence-corrected chi connectivity index (χ0v) is 12.5. The first-order valence-corrected chi connectivity index (χ1v) is 6.85. The van der Waals surface area contributed by atoms with Crippen LogP contribution in [-0.4, -0.2) is 30.4 Å². The Morgan fingerprint density at radius 1 is 1.53 bits per heavy atom. The molecule has 0 radical (unpaired) electrons. The Balaban J connectivity index is 2.43. The van der Waals surface area contributed by atoms with Crippen molar-refractivity contribution < 1.29 is 9.53 Å². The summed E-state index contributed by atoms with van der Waals surface area (Å²) in [5.41, 5.74) is 6.80. The van der Waals surface area contributed by atoms with Gasteiger partial charge in [0.05, 0.1) is 7.11 Å². The molecule has 0 bridgehead atoms. The van der Waals surface area contributed by atoms with Gasteiger partial charge in [0.1, 0.15) is 17.6 Å². The predicted molar refractivity (Wildman–Crippen MR) is 77.5 cm³/mol. The Morgan fingerprint density at radius 3 is 2.89 bits per heavy atom. The van der Waals surface area contributed by atoms with Crippen LogP contribution in [0.2, 0.25) is 0 Å². The Kier molecular flexibility index (Phi) is 4.09. The molecule has 0 aliphatic carbocycles. The average molecular weight is 326 g/mol. The van der Waals surface area contributed by atoms with Gasteiger partial charge in [0, 0.05) is 16.6 Å². The van der Waals surface area contributed by atoms with Gasteiger partial charge in [-0.05, 0) is 24.6 Å². The van der Waals surface area contributed by atoms with Crippen LogP contribution in [0.4, 0.5) is 4.79 Å². The molecular formula is C13H16BrN3O2. The summed E-state index contributed by atoms with van der Waals surface area (Å²) < 4.78 is 6.10. The lowest BCUT2D eigenvalue weighted by Crippen LogP contribution is -2.34. The summed E-state index contributed by atoms with van der Waals surface area (Å²) in [5.74, 6) is 1.05. The number of amides is 2. The molecule has 0 spiro atoms. The second-order valence-electron chi connectivity index (χ2n) is 4.30. The van der Waals surface area contributed by atoms with Gasteiger partial charge in [-0.25, -0.2) is 4.79 Å². The first-order chi connectivity index (χ1) is 9.08. The number of hydrogen-bond acceptors (Lipinski definition) is 3. The lowest BCUT2D eigenvalue weighted by Gasteiger charge is -2.25. The summed E-state index contributed by atoms with van der Waals surface area (Å²) in [6, 6.07) is 5.00. The summed E-state index contributed by atoms with van der Waals surface area (Å²) in [4.78, 5) is 17.4. The van der Waals surface area contributed by atoms with E-state index in [1.807, 2.05) is 25.1 Å². The van der Waals surface area contributed by atoms with Crippen molar-refractivity contribution in [2.45, 2.75) is 19.4 Å². The SMILES string of the molecule is CCCN1C(=O)N=C(N)C1c1cc(OC)ccc1Br. The molecule has 1 unspecified atom stereocenters. The van der Waals surface area contributed by atoms with Crippen molar-refractivity contribution in [1.29, 1.82) is 0 Å². The second-order valence-corrected chi connectivity index (χ2v) is 5.16. The van der Waals surface area contributed by atoms with Crippen LogP contribution in [0.25, 0.3) is 0 Å². The van der Waals surface area contributed by atoms with Crippen molar-refractivity contribution in [3.63, 3.8) is 0 Å². The van der Waals surface area contributed by atoms with Crippen LogP contribution in [0, 0.1) is 0 Å². The van der Waals surface area contributed by atoms with Crippen molar-refractivity contribution in [1.82, 2.24) is 4.90 Å². The molecule has 1 aliphatic rings. The summed E-state index contributed by atoms with van der Waals surface area (Å²) in [5, 5.41) is 0. The van der Waals surface area contributed by atoms with E-state index in [2.05, 4.69) is 20.9 Å². The molecule has 0 aromatic heterocycles. The molecule has 102 valence electrons. The van der Waals surface area contributed by atoms with Crippen molar-refractivity contribution in [2.75, 3.05) is 13.7 Å². The third kappa shape index (κ3) is 2.58. The van der Waals surface area contributed by atoms with Gasteiger partial charge in [-0.15, -0.1) is 0 Å². The molecular weight excluding hydrogens is 310 g/mol. The molecule has 5 nitrogen and oxygen atoms in total. The number of aliphatic imine (C=N–C) groups is 1. The van der Waals surface area contributed by atoms with E-state index < -0.39 is 0 Å². The molecule has 0 fully saturated rings. The van der Waals surface area contributed by atoms with E-state index in [4.69, 9.17) is 10.5 Å². The third-order valence-electron chi connectivity index (χ3n) is 3.02. The standard InChI is InChI=1S/C13H16BrN3O2/c1-3-6-17-11(12(15)16-13(17)18)9-7-8(19-2)4-5-10(9)14/h4-5,7,11H,3,6H2,1-2H3,(H2,15,16,18). The van der Waals surface area contributed by atoms with Gasteiger partial charge < -0.3 is 15.4 Å². The van der Waals surface area contributed by atoms with Gasteiger partial charge in [0.2, 0.25) is 0 Å². The Hall–Kier alpha value is -1.56. The number of methoxy groups -OCH3 is 1. The Labute approximate surface area is 120 Å². The van der Waals surface area contributed by atoms with Crippen LogP contribution in [0.1, 0.15) is 24.9 Å². The minimum absolute atomic E-state index is 0.279. The monoisotopic (exact) mass is 325 g/mol. The van der Waals surface area contributed by atoms with E-state index in [0.717, 1.165) is 22.2 Å². The fourth-order valence-electron chi connectivity index (χ4n) is 2.16. The van der Waals surface area contributed by atoms with Crippen LogP contribution in [-0.2, 0) is 0 Å². The molecule has 2 amide bonds. The number of nitrogens with two attached hydrogens (primary N) is 1. The summed E-state index contributed by atoms with van der Waals surface area (Å²) in [6.45, 7) is 2.64. The number of carbonyl (C=O) groups excluding carboxylic acids is 1. The molecule has 1 aliphatic heterocycles. The van der Waals surface area contributed by atoms with Crippen LogP contribution in [0.5, 0.6) is 5.75 Å². The number of nitrogens with zero attached hydrogens (tertiary/aromatic N) is 2. The fraction of sp³-hybridized carbons (Fsp3) is 0.385. The third-order valence-corrected chi connectivity index (χ3v) is 3.75. The van der Waals surface area contributed by atoms with Gasteiger partial charge in [0.25, 0.3) is 0 Å². The van der Waals surface area contributed by atoms with E-state index >= 15 is 0 Å². The number of urea groups is 1. The molecule has 0 saturated heterocycles. The lowest BCUT2D eigenvalue weighted by atomic mass is 10.0. The normalized spacial score (nSPS) is 18.7. The molecule has 2 rings (SSSR count). The largest absolute Gasteiger partial charge is 0.497 e. The molecule has 0 saturated carbocycles. The average Bonchev–Trinajstić information content (AvgIpc) is 2.66. The van der Waals surface area contributed by atoms with Gasteiger partial charge in [-0.1, -0.05) is 22.9 Å². The maximum Gasteiger partial charge on any atom is 0.346 e. The first-order valence-electron chi connectivity index (χ1n) is 6.06. The highest BCUT2D eigenvalue weighted by Gasteiger charge is 2.35. The smallest absolute Gasteiger partial charge is 0.346 e. The number of ether oxygens (including phenoxy) is 1. The van der Waals surface area contributed by atoms with Crippen molar-refractivity contribution in [3.05, 3.63) is 28.2 Å². The minimum atomic E-state index is -0.322. The number of amidine groups is 1. The zero-order valence-electron chi connectivity index (χ0n) is 10.9. The molecule has 1 heterocycles. The van der Waals surface area contributed by atoms with Gasteiger partial charge in [-0.2, -0.15) is 4.99 Å². The van der Waals surface area contributed by atoms with Crippen molar-refractivity contribution in [2.24, 2.45) is 10.7 Å². The van der Waals surface area contributed by atoms with Crippen LogP contribution in [0.15, 0.2) is 27.7 Å². The van der Waals surface area contributed by atoms with E-state index in [0.29, 0.717) is 12.4 Å². The van der Waals surface area contributed by atoms with Gasteiger partial charge in [-0.3, -0.25) is 0 Å². The van der Waals surface area contributed by atoms with Crippen LogP contribution in [0.3, 0.4) is 0 Å². The summed E-state index contributed by atoms with van der Waals surface area (Å²) in [6.07, 6.45) is 0.854. The van der Waals surface area contributed by atoms with E-state index in [1.165, 1.54) is 0 Å².